The molecule has 0 bridgehead atoms. The van der Waals surface area contributed by atoms with Crippen molar-refractivity contribution in [1.29, 1.82) is 0 Å². The van der Waals surface area contributed by atoms with E-state index in [4.69, 9.17) is 25.6 Å². The summed E-state index contributed by atoms with van der Waals surface area (Å²) >= 11 is 5.95. The highest BCUT2D eigenvalue weighted by Crippen LogP contribution is 2.31. The predicted molar refractivity (Wildman–Crippen MR) is 105 cm³/mol. The molecule has 0 saturated heterocycles. The van der Waals surface area contributed by atoms with Crippen LogP contribution in [0, 0.1) is 0 Å². The Kier molecular flexibility index (Phi) is 5.21. The number of halogens is 1. The van der Waals surface area contributed by atoms with Gasteiger partial charge in [0.1, 0.15) is 5.69 Å². The molecule has 0 spiro atoms. The molecule has 0 unspecified atom stereocenters. The van der Waals surface area contributed by atoms with Crippen molar-refractivity contribution in [2.45, 2.75) is 13.0 Å². The molecular weight excluding hydrogens is 380 g/mol. The number of carbonyl (C=O) groups excluding carboxylic acids is 1. The number of nitrogens with zero attached hydrogens (tertiary/aromatic N) is 2. The number of methoxy groups -OCH3 is 1. The highest BCUT2D eigenvalue weighted by atomic mass is 35.5. The third kappa shape index (κ3) is 3.68. The molecule has 28 heavy (non-hydrogen) atoms. The summed E-state index contributed by atoms with van der Waals surface area (Å²) in [5.41, 5.74) is 2.75. The molecule has 0 fully saturated rings. The first-order valence-electron chi connectivity index (χ1n) is 8.92. The first-order chi connectivity index (χ1) is 13.7. The van der Waals surface area contributed by atoms with Crippen LogP contribution >= 0.6 is 11.6 Å². The maximum Gasteiger partial charge on any atom is 0.260 e. The van der Waals surface area contributed by atoms with Crippen molar-refractivity contribution in [2.75, 3.05) is 20.3 Å². The highest BCUT2D eigenvalue weighted by molar-refractivity contribution is 6.30. The third-order valence-corrected chi connectivity index (χ3v) is 4.97. The van der Waals surface area contributed by atoms with Gasteiger partial charge in [0.25, 0.3) is 5.91 Å². The van der Waals surface area contributed by atoms with Crippen LogP contribution in [0.4, 0.5) is 0 Å². The van der Waals surface area contributed by atoms with Gasteiger partial charge < -0.3 is 18.9 Å². The van der Waals surface area contributed by atoms with E-state index in [2.05, 4.69) is 5.16 Å². The van der Waals surface area contributed by atoms with Gasteiger partial charge in [-0.1, -0.05) is 28.9 Å². The lowest BCUT2D eigenvalue weighted by atomic mass is 10.0. The fraction of sp³-hybridized carbons (Fsp3) is 0.238. The van der Waals surface area contributed by atoms with Crippen LogP contribution in [0.15, 0.2) is 53.1 Å². The van der Waals surface area contributed by atoms with Crippen LogP contribution in [0.1, 0.15) is 11.3 Å². The first kappa shape index (κ1) is 18.4. The highest BCUT2D eigenvalue weighted by Gasteiger charge is 2.27. The molecule has 144 valence electrons. The lowest BCUT2D eigenvalue weighted by molar-refractivity contribution is -0.134. The van der Waals surface area contributed by atoms with Gasteiger partial charge >= 0.3 is 0 Å². The minimum Gasteiger partial charge on any atom is -0.493 e. The van der Waals surface area contributed by atoms with Gasteiger partial charge in [-0.25, -0.2) is 0 Å². The van der Waals surface area contributed by atoms with Crippen LogP contribution < -0.4 is 9.47 Å². The average molecular weight is 399 g/mol. The molecule has 7 heteroatoms. The monoisotopic (exact) mass is 398 g/mol. The Hall–Kier alpha value is -2.99. The summed E-state index contributed by atoms with van der Waals surface area (Å²) in [7, 11) is 1.57. The van der Waals surface area contributed by atoms with Gasteiger partial charge in [0.05, 0.1) is 13.7 Å². The smallest absolute Gasteiger partial charge is 0.260 e. The van der Waals surface area contributed by atoms with Crippen LogP contribution in [0.5, 0.6) is 11.5 Å². The molecular formula is C21H19ClN2O4. The SMILES string of the molecule is COc1ccccc1OCC(=O)N1CCc2c(noc2-c2ccc(Cl)cc2)C1. The van der Waals surface area contributed by atoms with Crippen molar-refractivity contribution in [3.05, 3.63) is 64.8 Å². The van der Waals surface area contributed by atoms with E-state index in [0.717, 1.165) is 22.6 Å². The van der Waals surface area contributed by atoms with E-state index in [1.807, 2.05) is 36.4 Å². The number of fused-ring (bicyclic) bond motifs is 1. The Morgan fingerprint density at radius 2 is 1.93 bits per heavy atom. The number of hydrogen-bond donors (Lipinski definition) is 0. The molecule has 3 aromatic rings. The van der Waals surface area contributed by atoms with Gasteiger partial charge in [0, 0.05) is 22.7 Å². The van der Waals surface area contributed by atoms with E-state index in [0.29, 0.717) is 36.0 Å². The van der Waals surface area contributed by atoms with Crippen molar-refractivity contribution in [1.82, 2.24) is 10.1 Å². The normalized spacial score (nSPS) is 13.1. The molecule has 1 aromatic heterocycles. The van der Waals surface area contributed by atoms with Crippen molar-refractivity contribution < 1.29 is 18.8 Å². The van der Waals surface area contributed by atoms with E-state index in [1.54, 1.807) is 24.1 Å². The van der Waals surface area contributed by atoms with Crippen LogP contribution in [-0.4, -0.2) is 36.2 Å². The summed E-state index contributed by atoms with van der Waals surface area (Å²) < 4.78 is 16.4. The maximum atomic E-state index is 12.6. The molecule has 0 saturated carbocycles. The molecule has 1 amide bonds. The first-order valence-corrected chi connectivity index (χ1v) is 9.30. The molecule has 1 aliphatic rings. The Labute approximate surface area is 167 Å². The molecule has 0 radical (unpaired) electrons. The predicted octanol–water partition coefficient (Wildman–Crippen LogP) is 3.97. The molecule has 6 nitrogen and oxygen atoms in total. The quantitative estimate of drug-likeness (QED) is 0.650. The topological polar surface area (TPSA) is 64.8 Å². The molecule has 2 heterocycles. The number of rotatable bonds is 5. The second-order valence-corrected chi connectivity index (χ2v) is 6.89. The van der Waals surface area contributed by atoms with E-state index < -0.39 is 0 Å². The molecule has 0 aliphatic carbocycles. The zero-order valence-electron chi connectivity index (χ0n) is 15.4. The summed E-state index contributed by atoms with van der Waals surface area (Å²) in [4.78, 5) is 14.3. The van der Waals surface area contributed by atoms with Gasteiger partial charge in [-0.05, 0) is 42.8 Å². The Bertz CT molecular complexity index is 984. The van der Waals surface area contributed by atoms with Crippen molar-refractivity contribution in [3.63, 3.8) is 0 Å². The summed E-state index contributed by atoms with van der Waals surface area (Å²) in [6.07, 6.45) is 0.678. The van der Waals surface area contributed by atoms with Crippen molar-refractivity contribution in [2.24, 2.45) is 0 Å². The number of ether oxygens (including phenoxy) is 2. The molecule has 0 atom stereocenters. The second kappa shape index (κ2) is 7.94. The van der Waals surface area contributed by atoms with Crippen molar-refractivity contribution >= 4 is 17.5 Å². The minimum atomic E-state index is -0.104. The average Bonchev–Trinajstić information content (AvgIpc) is 3.16. The fourth-order valence-corrected chi connectivity index (χ4v) is 3.37. The van der Waals surface area contributed by atoms with Gasteiger partial charge in [-0.2, -0.15) is 0 Å². The maximum absolute atomic E-state index is 12.6. The Morgan fingerprint density at radius 1 is 1.18 bits per heavy atom. The van der Waals surface area contributed by atoms with E-state index in [9.17, 15) is 4.79 Å². The van der Waals surface area contributed by atoms with E-state index >= 15 is 0 Å². The van der Waals surface area contributed by atoms with Crippen LogP contribution in [0.25, 0.3) is 11.3 Å². The van der Waals surface area contributed by atoms with Gasteiger partial charge in [-0.15, -0.1) is 0 Å². The zero-order valence-corrected chi connectivity index (χ0v) is 16.1. The Balaban J connectivity index is 1.43. The second-order valence-electron chi connectivity index (χ2n) is 6.45. The van der Waals surface area contributed by atoms with Crippen LogP contribution in [0.2, 0.25) is 5.02 Å². The number of benzene rings is 2. The summed E-state index contributed by atoms with van der Waals surface area (Å²) in [6.45, 7) is 0.932. The molecule has 2 aromatic carbocycles. The molecule has 4 rings (SSSR count). The standard InChI is InChI=1S/C21H19ClN2O4/c1-26-18-4-2-3-5-19(18)27-13-20(25)24-11-10-16-17(12-24)23-28-21(16)14-6-8-15(22)9-7-14/h2-9H,10-13H2,1H3. The van der Waals surface area contributed by atoms with Crippen molar-refractivity contribution in [3.8, 4) is 22.8 Å². The zero-order chi connectivity index (χ0) is 19.5. The van der Waals surface area contributed by atoms with E-state index in [1.165, 1.54) is 0 Å². The molecule has 1 aliphatic heterocycles. The van der Waals surface area contributed by atoms with Gasteiger partial charge in [0.15, 0.2) is 23.9 Å². The van der Waals surface area contributed by atoms with Gasteiger partial charge in [-0.3, -0.25) is 4.79 Å². The number of para-hydroxylation sites is 2. The van der Waals surface area contributed by atoms with Crippen LogP contribution in [-0.2, 0) is 17.8 Å². The lowest BCUT2D eigenvalue weighted by Gasteiger charge is -2.26. The number of carbonyl (C=O) groups is 1. The number of aromatic nitrogens is 1. The van der Waals surface area contributed by atoms with E-state index in [-0.39, 0.29) is 12.5 Å². The molecule has 0 N–H and O–H groups in total. The summed E-state index contributed by atoms with van der Waals surface area (Å²) in [5.74, 6) is 1.78. The number of amides is 1. The minimum absolute atomic E-state index is 0.0579. The lowest BCUT2D eigenvalue weighted by Crippen LogP contribution is -2.38. The van der Waals surface area contributed by atoms with Gasteiger partial charge in [0.2, 0.25) is 0 Å². The number of hydrogen-bond acceptors (Lipinski definition) is 5. The summed E-state index contributed by atoms with van der Waals surface area (Å²) in [6, 6.07) is 14.7. The Morgan fingerprint density at radius 3 is 2.68 bits per heavy atom. The van der Waals surface area contributed by atoms with Crippen LogP contribution in [0.3, 0.4) is 0 Å². The largest absolute Gasteiger partial charge is 0.493 e. The third-order valence-electron chi connectivity index (χ3n) is 4.72. The fourth-order valence-electron chi connectivity index (χ4n) is 3.24. The summed E-state index contributed by atoms with van der Waals surface area (Å²) in [5, 5.41) is 4.84.